The van der Waals surface area contributed by atoms with Gasteiger partial charge in [-0.25, -0.2) is 0 Å². The van der Waals surface area contributed by atoms with Gasteiger partial charge in [-0.05, 0) is 43.5 Å². The zero-order chi connectivity index (χ0) is 19.6. The number of amides is 1. The maximum Gasteiger partial charge on any atom is 0.310 e. The van der Waals surface area contributed by atoms with E-state index in [1.807, 2.05) is 36.1 Å². The largest absolute Gasteiger partial charge is 0.497 e. The van der Waals surface area contributed by atoms with Gasteiger partial charge in [0.05, 0.1) is 26.7 Å². The Bertz CT molecular complexity index is 595. The normalized spacial score (nSPS) is 15.2. The van der Waals surface area contributed by atoms with Crippen LogP contribution in [0.4, 0.5) is 0 Å². The molecule has 1 saturated carbocycles. The molecule has 1 amide bonds. The Morgan fingerprint density at radius 2 is 1.74 bits per heavy atom. The fourth-order valence-corrected chi connectivity index (χ4v) is 3.47. The molecule has 2 rings (SSSR count). The van der Waals surface area contributed by atoms with Crippen molar-refractivity contribution in [1.82, 2.24) is 4.90 Å². The fourth-order valence-electron chi connectivity index (χ4n) is 3.47. The van der Waals surface area contributed by atoms with E-state index in [4.69, 9.17) is 14.2 Å². The van der Waals surface area contributed by atoms with Crippen molar-refractivity contribution in [3.63, 3.8) is 0 Å². The summed E-state index contributed by atoms with van der Waals surface area (Å²) in [5.74, 6) is 1.05. The lowest BCUT2D eigenvalue weighted by molar-refractivity contribution is -0.147. The van der Waals surface area contributed by atoms with Crippen LogP contribution >= 0.6 is 0 Å². The van der Waals surface area contributed by atoms with Crippen LogP contribution in [0.25, 0.3) is 0 Å². The second-order valence-corrected chi connectivity index (χ2v) is 7.04. The van der Waals surface area contributed by atoms with Crippen molar-refractivity contribution in [1.29, 1.82) is 0 Å². The molecule has 1 unspecified atom stereocenters. The third-order valence-electron chi connectivity index (χ3n) is 5.02. The van der Waals surface area contributed by atoms with Gasteiger partial charge in [0.25, 0.3) is 0 Å². The summed E-state index contributed by atoms with van der Waals surface area (Å²) in [6, 6.07) is 7.63. The van der Waals surface area contributed by atoms with Crippen molar-refractivity contribution >= 4 is 11.9 Å². The van der Waals surface area contributed by atoms with E-state index in [1.54, 1.807) is 7.11 Å². The van der Waals surface area contributed by atoms with Gasteiger partial charge in [0.1, 0.15) is 11.5 Å². The molecule has 1 atom stereocenters. The number of nitrogens with zero attached hydrogens (tertiary/aromatic N) is 1. The minimum Gasteiger partial charge on any atom is -0.497 e. The summed E-state index contributed by atoms with van der Waals surface area (Å²) >= 11 is 0. The average molecular weight is 377 g/mol. The second kappa shape index (κ2) is 10.8. The highest BCUT2D eigenvalue weighted by Gasteiger charge is 2.29. The number of esters is 1. The summed E-state index contributed by atoms with van der Waals surface area (Å²) in [6.07, 6.45) is 5.37. The molecule has 0 aromatic heterocycles. The highest BCUT2D eigenvalue weighted by Crippen LogP contribution is 2.25. The van der Waals surface area contributed by atoms with Gasteiger partial charge >= 0.3 is 5.97 Å². The van der Waals surface area contributed by atoms with Crippen LogP contribution in [0.15, 0.2) is 24.3 Å². The predicted octanol–water partition coefficient (Wildman–Crippen LogP) is 3.43. The summed E-state index contributed by atoms with van der Waals surface area (Å²) in [7, 11) is 3.01. The molecule has 6 heteroatoms. The molecule has 0 saturated heterocycles. The Morgan fingerprint density at radius 1 is 1.11 bits per heavy atom. The Balaban J connectivity index is 1.82. The number of benzene rings is 1. The molecule has 6 nitrogen and oxygen atoms in total. The lowest BCUT2D eigenvalue weighted by Crippen LogP contribution is -2.43. The second-order valence-electron chi connectivity index (χ2n) is 7.04. The Labute approximate surface area is 161 Å². The molecule has 1 aliphatic carbocycles. The van der Waals surface area contributed by atoms with Crippen molar-refractivity contribution in [2.24, 2.45) is 5.92 Å². The molecule has 1 aliphatic rings. The Hall–Kier alpha value is -2.24. The summed E-state index contributed by atoms with van der Waals surface area (Å²) in [5.41, 5.74) is 0. The van der Waals surface area contributed by atoms with Gasteiger partial charge in [0, 0.05) is 19.0 Å². The van der Waals surface area contributed by atoms with E-state index >= 15 is 0 Å². The van der Waals surface area contributed by atoms with E-state index in [9.17, 15) is 9.59 Å². The van der Waals surface area contributed by atoms with Crippen molar-refractivity contribution < 1.29 is 23.8 Å². The minimum absolute atomic E-state index is 0.0935. The third kappa shape index (κ3) is 6.45. The van der Waals surface area contributed by atoms with Crippen molar-refractivity contribution in [3.05, 3.63) is 24.3 Å². The van der Waals surface area contributed by atoms with Crippen LogP contribution in [-0.2, 0) is 14.3 Å². The first kappa shape index (κ1) is 21.1. The average Bonchev–Trinajstić information content (AvgIpc) is 3.23. The molecule has 0 spiro atoms. The Morgan fingerprint density at radius 3 is 2.33 bits per heavy atom. The summed E-state index contributed by atoms with van der Waals surface area (Å²) in [6.45, 7) is 2.71. The molecule has 0 radical (unpaired) electrons. The molecule has 0 bridgehead atoms. The maximum atomic E-state index is 12.8. The number of rotatable bonds is 10. The van der Waals surface area contributed by atoms with Crippen LogP contribution < -0.4 is 9.47 Å². The third-order valence-corrected chi connectivity index (χ3v) is 5.02. The van der Waals surface area contributed by atoms with E-state index in [2.05, 4.69) is 0 Å². The van der Waals surface area contributed by atoms with Crippen LogP contribution in [0.5, 0.6) is 11.5 Å². The van der Waals surface area contributed by atoms with Crippen molar-refractivity contribution in [3.8, 4) is 11.5 Å². The van der Waals surface area contributed by atoms with Crippen molar-refractivity contribution in [2.45, 2.75) is 51.5 Å². The quantitative estimate of drug-likeness (QED) is 0.462. The van der Waals surface area contributed by atoms with Gasteiger partial charge in [-0.1, -0.05) is 19.8 Å². The zero-order valence-corrected chi connectivity index (χ0v) is 16.6. The SMILES string of the molecule is COC(=O)C(C)CN(C(=O)CCCOc1ccc(OC)cc1)C1CCCC1. The van der Waals surface area contributed by atoms with Gasteiger partial charge in [0.2, 0.25) is 5.91 Å². The highest BCUT2D eigenvalue weighted by atomic mass is 16.5. The molecule has 27 heavy (non-hydrogen) atoms. The molecule has 1 fully saturated rings. The first-order valence-electron chi connectivity index (χ1n) is 9.69. The standard InChI is InChI=1S/C21H31NO5/c1-16(21(24)26-3)15-22(17-7-4-5-8-17)20(23)9-6-14-27-19-12-10-18(25-2)11-13-19/h10-13,16-17H,4-9,14-15H2,1-3H3. The number of methoxy groups -OCH3 is 2. The van der Waals surface area contributed by atoms with Gasteiger partial charge in [-0.15, -0.1) is 0 Å². The van der Waals surface area contributed by atoms with Crippen LogP contribution in [0, 0.1) is 5.92 Å². The van der Waals surface area contributed by atoms with Crippen LogP contribution in [-0.4, -0.2) is 50.2 Å². The zero-order valence-electron chi connectivity index (χ0n) is 16.6. The molecule has 0 N–H and O–H groups in total. The summed E-state index contributed by atoms with van der Waals surface area (Å²) in [5, 5.41) is 0. The predicted molar refractivity (Wildman–Crippen MR) is 103 cm³/mol. The number of hydrogen-bond donors (Lipinski definition) is 0. The first-order chi connectivity index (χ1) is 13.0. The molecule has 0 aliphatic heterocycles. The van der Waals surface area contributed by atoms with Crippen LogP contribution in [0.1, 0.15) is 45.4 Å². The van der Waals surface area contributed by atoms with E-state index in [0.717, 1.165) is 37.2 Å². The molecular formula is C21H31NO5. The van der Waals surface area contributed by atoms with Gasteiger partial charge in [-0.3, -0.25) is 9.59 Å². The smallest absolute Gasteiger partial charge is 0.310 e. The van der Waals surface area contributed by atoms with Gasteiger partial charge in [-0.2, -0.15) is 0 Å². The monoisotopic (exact) mass is 377 g/mol. The maximum absolute atomic E-state index is 12.8. The minimum atomic E-state index is -0.310. The van der Waals surface area contributed by atoms with Crippen LogP contribution in [0.3, 0.4) is 0 Å². The lowest BCUT2D eigenvalue weighted by atomic mass is 10.1. The molecular weight excluding hydrogens is 346 g/mol. The summed E-state index contributed by atoms with van der Waals surface area (Å²) < 4.78 is 15.6. The molecule has 1 aromatic rings. The fraction of sp³-hybridized carbons (Fsp3) is 0.619. The van der Waals surface area contributed by atoms with Gasteiger partial charge < -0.3 is 19.1 Å². The van der Waals surface area contributed by atoms with E-state index in [-0.39, 0.29) is 23.8 Å². The van der Waals surface area contributed by atoms with Crippen molar-refractivity contribution in [2.75, 3.05) is 27.4 Å². The Kier molecular flexibility index (Phi) is 8.43. The van der Waals surface area contributed by atoms with Crippen LogP contribution in [0.2, 0.25) is 0 Å². The molecule has 150 valence electrons. The number of carbonyl (C=O) groups is 2. The van der Waals surface area contributed by atoms with E-state index in [1.165, 1.54) is 7.11 Å². The molecule has 1 aromatic carbocycles. The van der Waals surface area contributed by atoms with Gasteiger partial charge in [0.15, 0.2) is 0 Å². The number of carbonyl (C=O) groups excluding carboxylic acids is 2. The van der Waals surface area contributed by atoms with E-state index < -0.39 is 0 Å². The lowest BCUT2D eigenvalue weighted by Gasteiger charge is -2.31. The first-order valence-corrected chi connectivity index (χ1v) is 9.69. The number of ether oxygens (including phenoxy) is 3. The topological polar surface area (TPSA) is 65.1 Å². The summed E-state index contributed by atoms with van der Waals surface area (Å²) in [4.78, 5) is 26.4. The highest BCUT2D eigenvalue weighted by molar-refractivity contribution is 5.78. The van der Waals surface area contributed by atoms with E-state index in [0.29, 0.717) is 26.0 Å². The molecule has 0 heterocycles. The number of hydrogen-bond acceptors (Lipinski definition) is 5.